The fourth-order valence-corrected chi connectivity index (χ4v) is 3.05. The Labute approximate surface area is 124 Å². The van der Waals surface area contributed by atoms with E-state index >= 15 is 0 Å². The monoisotopic (exact) mass is 282 g/mol. The van der Waals surface area contributed by atoms with Crippen LogP contribution in [0.3, 0.4) is 0 Å². The summed E-state index contributed by atoms with van der Waals surface area (Å²) in [6.45, 7) is 4.44. The van der Waals surface area contributed by atoms with E-state index in [9.17, 15) is 0 Å². The van der Waals surface area contributed by atoms with E-state index in [1.165, 1.54) is 22.4 Å². The van der Waals surface area contributed by atoms with E-state index in [2.05, 4.69) is 41.5 Å². The number of aryl methyl sites for hydroxylation is 1. The van der Waals surface area contributed by atoms with Gasteiger partial charge in [0.05, 0.1) is 18.9 Å². The third-order valence-corrected chi connectivity index (χ3v) is 4.04. The molecule has 3 heterocycles. The molecule has 0 bridgehead atoms. The van der Waals surface area contributed by atoms with E-state index in [0.717, 1.165) is 24.2 Å². The van der Waals surface area contributed by atoms with Crippen molar-refractivity contribution in [1.82, 2.24) is 4.98 Å². The number of ether oxygens (including phenoxy) is 2. The van der Waals surface area contributed by atoms with Crippen LogP contribution in [0.5, 0.6) is 0 Å². The molecule has 4 heteroatoms. The lowest BCUT2D eigenvalue weighted by Gasteiger charge is -2.12. The van der Waals surface area contributed by atoms with Gasteiger partial charge in [0, 0.05) is 29.6 Å². The van der Waals surface area contributed by atoms with Crippen LogP contribution in [0, 0.1) is 6.92 Å². The molecule has 0 saturated carbocycles. The van der Waals surface area contributed by atoms with Gasteiger partial charge >= 0.3 is 0 Å². The largest absolute Gasteiger partial charge is 0.384 e. The molecule has 0 unspecified atom stereocenters. The highest BCUT2D eigenvalue weighted by Gasteiger charge is 2.20. The van der Waals surface area contributed by atoms with E-state index in [1.54, 1.807) is 0 Å². The van der Waals surface area contributed by atoms with Gasteiger partial charge in [-0.3, -0.25) is 4.98 Å². The van der Waals surface area contributed by atoms with Gasteiger partial charge < -0.3 is 14.8 Å². The van der Waals surface area contributed by atoms with Gasteiger partial charge in [0.25, 0.3) is 0 Å². The quantitative estimate of drug-likeness (QED) is 0.919. The van der Waals surface area contributed by atoms with E-state index < -0.39 is 0 Å². The first-order chi connectivity index (χ1) is 10.3. The van der Waals surface area contributed by atoms with Gasteiger partial charge in [-0.2, -0.15) is 0 Å². The smallest absolute Gasteiger partial charge is 0.185 e. The standard InChI is InChI=1S/C17H18N2O2/c1-11-8-14(13-4-5-18-16(13)9-11)15-3-2-12(10-19-15)17-20-6-7-21-17/h2-3,8-10,17-18H,4-7H2,1H3. The molecule has 2 aromatic rings. The third kappa shape index (κ3) is 2.30. The Balaban J connectivity index is 1.70. The number of hydrogen-bond acceptors (Lipinski definition) is 4. The van der Waals surface area contributed by atoms with Crippen LogP contribution >= 0.6 is 0 Å². The van der Waals surface area contributed by atoms with Crippen molar-refractivity contribution in [2.75, 3.05) is 25.1 Å². The molecule has 0 atom stereocenters. The zero-order valence-electron chi connectivity index (χ0n) is 12.1. The van der Waals surface area contributed by atoms with Gasteiger partial charge in [0.2, 0.25) is 0 Å². The zero-order chi connectivity index (χ0) is 14.2. The Kier molecular flexibility index (Phi) is 3.13. The lowest BCUT2D eigenvalue weighted by molar-refractivity contribution is -0.0443. The molecule has 1 aromatic carbocycles. The lowest BCUT2D eigenvalue weighted by atomic mass is 9.98. The SMILES string of the molecule is Cc1cc2c(c(-c3ccc(C4OCCO4)cn3)c1)CCN2. The Morgan fingerprint density at radius 1 is 1.19 bits per heavy atom. The molecule has 108 valence electrons. The molecular weight excluding hydrogens is 264 g/mol. The fourth-order valence-electron chi connectivity index (χ4n) is 3.05. The molecule has 0 spiro atoms. The summed E-state index contributed by atoms with van der Waals surface area (Å²) in [5.74, 6) is 0. The topological polar surface area (TPSA) is 43.4 Å². The van der Waals surface area contributed by atoms with Gasteiger partial charge in [-0.25, -0.2) is 0 Å². The van der Waals surface area contributed by atoms with Crippen LogP contribution in [0.15, 0.2) is 30.5 Å². The van der Waals surface area contributed by atoms with Crippen molar-refractivity contribution in [2.45, 2.75) is 19.6 Å². The van der Waals surface area contributed by atoms with Crippen molar-refractivity contribution >= 4 is 5.69 Å². The minimum absolute atomic E-state index is 0.253. The summed E-state index contributed by atoms with van der Waals surface area (Å²) in [6.07, 6.45) is 2.67. The van der Waals surface area contributed by atoms with Crippen molar-refractivity contribution in [2.24, 2.45) is 0 Å². The number of rotatable bonds is 2. The van der Waals surface area contributed by atoms with E-state index in [1.807, 2.05) is 6.20 Å². The van der Waals surface area contributed by atoms with Crippen LogP contribution in [0.25, 0.3) is 11.3 Å². The van der Waals surface area contributed by atoms with Crippen LogP contribution in [-0.2, 0) is 15.9 Å². The minimum atomic E-state index is -0.253. The molecule has 2 aliphatic heterocycles. The highest BCUT2D eigenvalue weighted by atomic mass is 16.7. The van der Waals surface area contributed by atoms with Crippen molar-refractivity contribution in [3.05, 3.63) is 47.2 Å². The number of nitrogens with zero attached hydrogens (tertiary/aromatic N) is 1. The predicted octanol–water partition coefficient (Wildman–Crippen LogP) is 3.07. The second kappa shape index (κ2) is 5.13. The second-order valence-corrected chi connectivity index (χ2v) is 5.57. The highest BCUT2D eigenvalue weighted by molar-refractivity contribution is 5.75. The molecule has 4 nitrogen and oxygen atoms in total. The van der Waals surface area contributed by atoms with Gasteiger partial charge in [0.1, 0.15) is 0 Å². The zero-order valence-corrected chi connectivity index (χ0v) is 12.1. The molecule has 2 aliphatic rings. The van der Waals surface area contributed by atoms with Crippen molar-refractivity contribution in [3.8, 4) is 11.3 Å². The first-order valence-electron chi connectivity index (χ1n) is 7.38. The molecule has 21 heavy (non-hydrogen) atoms. The first kappa shape index (κ1) is 12.8. The maximum atomic E-state index is 5.51. The van der Waals surface area contributed by atoms with Gasteiger partial charge in [-0.15, -0.1) is 0 Å². The number of benzene rings is 1. The second-order valence-electron chi connectivity index (χ2n) is 5.57. The molecule has 0 radical (unpaired) electrons. The van der Waals surface area contributed by atoms with Crippen molar-refractivity contribution in [1.29, 1.82) is 0 Å². The van der Waals surface area contributed by atoms with Crippen LogP contribution < -0.4 is 5.32 Å². The summed E-state index contributed by atoms with van der Waals surface area (Å²) in [5.41, 5.74) is 7.10. The van der Waals surface area contributed by atoms with E-state index in [-0.39, 0.29) is 6.29 Å². The predicted molar refractivity (Wildman–Crippen MR) is 81.2 cm³/mol. The van der Waals surface area contributed by atoms with Gasteiger partial charge in [0.15, 0.2) is 6.29 Å². The Morgan fingerprint density at radius 3 is 2.81 bits per heavy atom. The highest BCUT2D eigenvalue weighted by Crippen LogP contribution is 2.34. The Bertz CT molecular complexity index is 661. The number of anilines is 1. The first-order valence-corrected chi connectivity index (χ1v) is 7.38. The van der Waals surface area contributed by atoms with E-state index in [4.69, 9.17) is 9.47 Å². The average molecular weight is 282 g/mol. The van der Waals surface area contributed by atoms with Gasteiger partial charge in [-0.1, -0.05) is 6.07 Å². The van der Waals surface area contributed by atoms with Crippen LogP contribution in [0.2, 0.25) is 0 Å². The summed E-state index contributed by atoms with van der Waals surface area (Å²) in [5, 5.41) is 3.44. The summed E-state index contributed by atoms with van der Waals surface area (Å²) in [4.78, 5) is 4.62. The Hall–Kier alpha value is -1.91. The molecule has 1 N–H and O–H groups in total. The van der Waals surface area contributed by atoms with Crippen LogP contribution in [0.1, 0.15) is 23.0 Å². The molecule has 0 aliphatic carbocycles. The maximum Gasteiger partial charge on any atom is 0.185 e. The third-order valence-electron chi connectivity index (χ3n) is 4.04. The Morgan fingerprint density at radius 2 is 2.05 bits per heavy atom. The number of aromatic nitrogens is 1. The summed E-state index contributed by atoms with van der Waals surface area (Å²) < 4.78 is 11.0. The lowest BCUT2D eigenvalue weighted by Crippen LogP contribution is -1.99. The van der Waals surface area contributed by atoms with E-state index in [0.29, 0.717) is 13.2 Å². The van der Waals surface area contributed by atoms with Gasteiger partial charge in [-0.05, 0) is 42.7 Å². The molecular formula is C17H18N2O2. The number of hydrogen-bond donors (Lipinski definition) is 1. The van der Waals surface area contributed by atoms with Crippen LogP contribution in [0.4, 0.5) is 5.69 Å². The minimum Gasteiger partial charge on any atom is -0.384 e. The molecule has 1 fully saturated rings. The summed E-state index contributed by atoms with van der Waals surface area (Å²) in [6, 6.07) is 8.54. The molecule has 1 saturated heterocycles. The fraction of sp³-hybridized carbons (Fsp3) is 0.353. The molecule has 0 amide bonds. The molecule has 1 aromatic heterocycles. The number of nitrogens with one attached hydrogen (secondary N) is 1. The number of pyridine rings is 1. The van der Waals surface area contributed by atoms with Crippen molar-refractivity contribution in [3.63, 3.8) is 0 Å². The maximum absolute atomic E-state index is 5.51. The molecule has 4 rings (SSSR count). The number of fused-ring (bicyclic) bond motifs is 1. The normalized spacial score (nSPS) is 17.8. The average Bonchev–Trinajstić information content (AvgIpc) is 3.17. The summed E-state index contributed by atoms with van der Waals surface area (Å²) >= 11 is 0. The van der Waals surface area contributed by atoms with Crippen molar-refractivity contribution < 1.29 is 9.47 Å². The van der Waals surface area contributed by atoms with Crippen LogP contribution in [-0.4, -0.2) is 24.7 Å². The summed E-state index contributed by atoms with van der Waals surface area (Å²) in [7, 11) is 0.